The van der Waals surface area contributed by atoms with Gasteiger partial charge in [-0.3, -0.25) is 0 Å². The van der Waals surface area contributed by atoms with Crippen molar-refractivity contribution in [3.05, 3.63) is 36.0 Å². The van der Waals surface area contributed by atoms with Crippen LogP contribution in [0.2, 0.25) is 0 Å². The highest BCUT2D eigenvalue weighted by Gasteiger charge is 2.30. The third kappa shape index (κ3) is 2.67. The summed E-state index contributed by atoms with van der Waals surface area (Å²) in [5, 5.41) is 4.27. The van der Waals surface area contributed by atoms with Crippen LogP contribution in [-0.2, 0) is 16.4 Å². The zero-order chi connectivity index (χ0) is 13.3. The fourth-order valence-corrected chi connectivity index (χ4v) is 4.47. The lowest BCUT2D eigenvalue weighted by Crippen LogP contribution is -2.30. The van der Waals surface area contributed by atoms with Gasteiger partial charge in [-0.05, 0) is 35.9 Å². The lowest BCUT2D eigenvalue weighted by atomic mass is 10.1. The van der Waals surface area contributed by atoms with Gasteiger partial charge in [0, 0.05) is 24.8 Å². The summed E-state index contributed by atoms with van der Waals surface area (Å²) in [6, 6.07) is 8.30. The Labute approximate surface area is 113 Å². The van der Waals surface area contributed by atoms with Gasteiger partial charge in [-0.15, -0.1) is 0 Å². The molecule has 0 aliphatic carbocycles. The largest absolute Gasteiger partial charge is 0.361 e. The second-order valence-electron chi connectivity index (χ2n) is 5.16. The number of H-pyrrole nitrogens is 1. The van der Waals surface area contributed by atoms with E-state index in [-0.39, 0.29) is 5.25 Å². The Morgan fingerprint density at radius 3 is 3.00 bits per heavy atom. The summed E-state index contributed by atoms with van der Waals surface area (Å²) >= 11 is 0. The number of nitrogens with one attached hydrogen (secondary N) is 2. The van der Waals surface area contributed by atoms with E-state index in [1.807, 2.05) is 12.3 Å². The predicted octanol–water partition coefficient (Wildman–Crippen LogP) is 1.83. The zero-order valence-electron chi connectivity index (χ0n) is 10.7. The molecule has 102 valence electrons. The SMILES string of the molecule is O=S1(=O)CCCC1CNCc1ccc2cc[nH]c2c1. The summed E-state index contributed by atoms with van der Waals surface area (Å²) in [7, 11) is -2.84. The highest BCUT2D eigenvalue weighted by atomic mass is 32.2. The highest BCUT2D eigenvalue weighted by molar-refractivity contribution is 7.92. The van der Waals surface area contributed by atoms with Gasteiger partial charge in [0.1, 0.15) is 0 Å². The lowest BCUT2D eigenvalue weighted by Gasteiger charge is -2.10. The summed E-state index contributed by atoms with van der Waals surface area (Å²) in [6.45, 7) is 1.27. The number of benzene rings is 1. The predicted molar refractivity (Wildman–Crippen MR) is 76.8 cm³/mol. The molecule has 1 aromatic heterocycles. The van der Waals surface area contributed by atoms with Gasteiger partial charge in [-0.25, -0.2) is 8.42 Å². The number of rotatable bonds is 4. The molecular formula is C14H18N2O2S. The van der Waals surface area contributed by atoms with Crippen molar-refractivity contribution < 1.29 is 8.42 Å². The first-order valence-electron chi connectivity index (χ1n) is 6.63. The van der Waals surface area contributed by atoms with Gasteiger partial charge in [0.05, 0.1) is 11.0 Å². The van der Waals surface area contributed by atoms with Crippen LogP contribution in [0.3, 0.4) is 0 Å². The van der Waals surface area contributed by atoms with Crippen LogP contribution in [0.1, 0.15) is 18.4 Å². The number of sulfone groups is 1. The van der Waals surface area contributed by atoms with Crippen molar-refractivity contribution >= 4 is 20.7 Å². The van der Waals surface area contributed by atoms with Crippen LogP contribution in [0.4, 0.5) is 0 Å². The molecule has 19 heavy (non-hydrogen) atoms. The van der Waals surface area contributed by atoms with Crippen LogP contribution < -0.4 is 5.32 Å². The van der Waals surface area contributed by atoms with Crippen LogP contribution in [0, 0.1) is 0 Å². The second kappa shape index (κ2) is 4.98. The lowest BCUT2D eigenvalue weighted by molar-refractivity contribution is 0.574. The molecular weight excluding hydrogens is 260 g/mol. The van der Waals surface area contributed by atoms with E-state index < -0.39 is 9.84 Å². The number of hydrogen-bond donors (Lipinski definition) is 2. The Balaban J connectivity index is 1.60. The van der Waals surface area contributed by atoms with E-state index in [1.54, 1.807) is 0 Å². The third-order valence-electron chi connectivity index (χ3n) is 3.78. The highest BCUT2D eigenvalue weighted by Crippen LogP contribution is 2.19. The van der Waals surface area contributed by atoms with Gasteiger partial charge in [0.15, 0.2) is 9.84 Å². The van der Waals surface area contributed by atoms with Crippen LogP contribution in [-0.4, -0.2) is 30.9 Å². The van der Waals surface area contributed by atoms with Crippen molar-refractivity contribution in [1.29, 1.82) is 0 Å². The fraction of sp³-hybridized carbons (Fsp3) is 0.429. The standard InChI is InChI=1S/C14H18N2O2S/c17-19(18)7-1-2-13(19)10-15-9-11-3-4-12-5-6-16-14(12)8-11/h3-6,8,13,15-16H,1-2,7,9-10H2. The summed E-state index contributed by atoms with van der Waals surface area (Å²) in [4.78, 5) is 3.18. The molecule has 5 heteroatoms. The van der Waals surface area contributed by atoms with E-state index in [0.717, 1.165) is 18.4 Å². The molecule has 4 nitrogen and oxygen atoms in total. The summed E-state index contributed by atoms with van der Waals surface area (Å²) < 4.78 is 23.4. The van der Waals surface area contributed by atoms with Gasteiger partial charge in [0.25, 0.3) is 0 Å². The molecule has 2 heterocycles. The summed E-state index contributed by atoms with van der Waals surface area (Å²) in [5.41, 5.74) is 2.29. The Morgan fingerprint density at radius 2 is 2.21 bits per heavy atom. The molecule has 1 saturated heterocycles. The van der Waals surface area contributed by atoms with E-state index in [1.165, 1.54) is 10.9 Å². The second-order valence-corrected chi connectivity index (χ2v) is 7.56. The average Bonchev–Trinajstić information content (AvgIpc) is 2.95. The van der Waals surface area contributed by atoms with Crippen LogP contribution >= 0.6 is 0 Å². The molecule has 3 rings (SSSR count). The number of hydrogen-bond acceptors (Lipinski definition) is 3. The minimum Gasteiger partial charge on any atom is -0.361 e. The van der Waals surface area contributed by atoms with Gasteiger partial charge in [0.2, 0.25) is 0 Å². The molecule has 2 N–H and O–H groups in total. The van der Waals surface area contributed by atoms with Gasteiger partial charge < -0.3 is 10.3 Å². The summed E-state index contributed by atoms with van der Waals surface area (Å²) in [6.07, 6.45) is 3.53. The zero-order valence-corrected chi connectivity index (χ0v) is 11.5. The monoisotopic (exact) mass is 278 g/mol. The van der Waals surface area contributed by atoms with Crippen LogP contribution in [0.15, 0.2) is 30.5 Å². The number of fused-ring (bicyclic) bond motifs is 1. The van der Waals surface area contributed by atoms with Crippen molar-refractivity contribution in [2.24, 2.45) is 0 Å². The molecule has 0 amide bonds. The molecule has 1 unspecified atom stereocenters. The minimum atomic E-state index is -2.84. The first-order valence-corrected chi connectivity index (χ1v) is 8.35. The maximum atomic E-state index is 11.7. The average molecular weight is 278 g/mol. The van der Waals surface area contributed by atoms with Gasteiger partial charge in [-0.2, -0.15) is 0 Å². The molecule has 1 aliphatic rings. The molecule has 2 aromatic rings. The molecule has 0 spiro atoms. The quantitative estimate of drug-likeness (QED) is 0.897. The molecule has 1 aliphatic heterocycles. The molecule has 0 radical (unpaired) electrons. The van der Waals surface area contributed by atoms with E-state index in [0.29, 0.717) is 18.8 Å². The molecule has 0 bridgehead atoms. The molecule has 0 saturated carbocycles. The fourth-order valence-electron chi connectivity index (χ4n) is 2.67. The van der Waals surface area contributed by atoms with Crippen molar-refractivity contribution in [3.63, 3.8) is 0 Å². The van der Waals surface area contributed by atoms with Gasteiger partial charge in [-0.1, -0.05) is 12.1 Å². The smallest absolute Gasteiger partial charge is 0.154 e. The molecule has 1 aromatic carbocycles. The van der Waals surface area contributed by atoms with E-state index >= 15 is 0 Å². The van der Waals surface area contributed by atoms with Crippen molar-refractivity contribution in [2.75, 3.05) is 12.3 Å². The Hall–Kier alpha value is -1.33. The van der Waals surface area contributed by atoms with E-state index in [2.05, 4.69) is 28.5 Å². The topological polar surface area (TPSA) is 62.0 Å². The number of aromatic amines is 1. The first kappa shape index (κ1) is 12.7. The van der Waals surface area contributed by atoms with Crippen molar-refractivity contribution in [2.45, 2.75) is 24.6 Å². The Kier molecular flexibility index (Phi) is 3.33. The number of aromatic nitrogens is 1. The first-order chi connectivity index (χ1) is 9.15. The Morgan fingerprint density at radius 1 is 1.32 bits per heavy atom. The van der Waals surface area contributed by atoms with Crippen LogP contribution in [0.25, 0.3) is 10.9 Å². The van der Waals surface area contributed by atoms with Gasteiger partial charge >= 0.3 is 0 Å². The minimum absolute atomic E-state index is 0.193. The van der Waals surface area contributed by atoms with Crippen molar-refractivity contribution in [3.8, 4) is 0 Å². The van der Waals surface area contributed by atoms with E-state index in [4.69, 9.17) is 0 Å². The van der Waals surface area contributed by atoms with E-state index in [9.17, 15) is 8.42 Å². The maximum Gasteiger partial charge on any atom is 0.154 e. The van der Waals surface area contributed by atoms with Crippen molar-refractivity contribution in [1.82, 2.24) is 10.3 Å². The Bertz CT molecular complexity index is 676. The van der Waals surface area contributed by atoms with Crippen LogP contribution in [0.5, 0.6) is 0 Å². The molecule has 1 atom stereocenters. The molecule has 1 fully saturated rings. The third-order valence-corrected chi connectivity index (χ3v) is 6.06. The normalized spacial score (nSPS) is 22.0. The summed E-state index contributed by atoms with van der Waals surface area (Å²) in [5.74, 6) is 0.355. The maximum absolute atomic E-state index is 11.7.